The van der Waals surface area contributed by atoms with Gasteiger partial charge >= 0.3 is 6.18 Å². The van der Waals surface area contributed by atoms with Crippen molar-refractivity contribution in [3.8, 4) is 0 Å². The number of halogens is 3. The van der Waals surface area contributed by atoms with E-state index in [1.165, 1.54) is 18.2 Å². The number of carbonyl (C=O) groups excluding carboxylic acids is 2. The molecule has 0 spiro atoms. The molecule has 0 bridgehead atoms. The number of alkyl halides is 3. The first-order valence-electron chi connectivity index (χ1n) is 14.0. The molecule has 1 heterocycles. The number of ether oxygens (including phenoxy) is 1. The van der Waals surface area contributed by atoms with Crippen molar-refractivity contribution in [2.24, 2.45) is 0 Å². The fourth-order valence-electron chi connectivity index (χ4n) is 4.91. The minimum absolute atomic E-state index is 0.107. The van der Waals surface area contributed by atoms with Crippen LogP contribution in [-0.2, 0) is 20.5 Å². The molecular weight excluding hydrogens is 559 g/mol. The second-order valence-corrected chi connectivity index (χ2v) is 10.5. The molecule has 0 aliphatic carbocycles. The lowest BCUT2D eigenvalue weighted by molar-refractivity contribution is -0.137. The molecule has 0 aromatic heterocycles. The lowest BCUT2D eigenvalue weighted by Gasteiger charge is -2.35. The summed E-state index contributed by atoms with van der Waals surface area (Å²) in [6.07, 6.45) is -1.22. The Bertz CT molecular complexity index is 1400. The van der Waals surface area contributed by atoms with Crippen LogP contribution in [0.3, 0.4) is 0 Å². The summed E-state index contributed by atoms with van der Waals surface area (Å²) in [5.41, 5.74) is 7.70. The number of hydrogen-bond acceptors (Lipinski definition) is 6. The van der Waals surface area contributed by atoms with Crippen molar-refractivity contribution in [3.63, 3.8) is 0 Å². The monoisotopic (exact) mass is 595 g/mol. The van der Waals surface area contributed by atoms with Crippen LogP contribution in [0, 0.1) is 0 Å². The van der Waals surface area contributed by atoms with Crippen LogP contribution in [0.25, 0.3) is 6.08 Å². The fourth-order valence-corrected chi connectivity index (χ4v) is 4.91. The number of nitrogens with two attached hydrogens (primary N) is 1. The smallest absolute Gasteiger partial charge is 0.397 e. The van der Waals surface area contributed by atoms with E-state index < -0.39 is 23.7 Å². The standard InChI is InChI=1S/C32H36F3N5O3/c1-21-19-40(20-22(2)43-21)18-17-37-30(31(42)38-26-14-12-25(13-15-26)32(33,34)35)24-10-7-23(8-11-24)9-16-29(41)39-28-6-4-3-5-27(28)36/h3-16,21-22,30,37H,17-20,36H2,1-2H3,(H,38,42)(H,39,41). The number of carbonyl (C=O) groups is 2. The lowest BCUT2D eigenvalue weighted by atomic mass is 10.0. The molecule has 1 saturated heterocycles. The van der Waals surface area contributed by atoms with Crippen LogP contribution in [-0.4, -0.2) is 55.1 Å². The van der Waals surface area contributed by atoms with Crippen molar-refractivity contribution in [1.82, 2.24) is 10.2 Å². The maximum atomic E-state index is 13.4. The SMILES string of the molecule is CC1CN(CCNC(C(=O)Nc2ccc(C(F)(F)F)cc2)c2ccc(C=CC(=O)Nc3ccccc3N)cc2)CC(C)O1. The molecule has 3 aromatic rings. The summed E-state index contributed by atoms with van der Waals surface area (Å²) in [6.45, 7) is 6.78. The van der Waals surface area contributed by atoms with Crippen molar-refractivity contribution < 1.29 is 27.5 Å². The highest BCUT2D eigenvalue weighted by molar-refractivity contribution is 6.03. The van der Waals surface area contributed by atoms with Gasteiger partial charge in [-0.05, 0) is 67.4 Å². The van der Waals surface area contributed by atoms with Crippen molar-refractivity contribution >= 4 is 35.0 Å². The minimum Gasteiger partial charge on any atom is -0.397 e. The van der Waals surface area contributed by atoms with Gasteiger partial charge in [0.25, 0.3) is 0 Å². The molecule has 0 radical (unpaired) electrons. The zero-order valence-corrected chi connectivity index (χ0v) is 24.0. The third-order valence-corrected chi connectivity index (χ3v) is 6.93. The molecule has 43 heavy (non-hydrogen) atoms. The molecule has 0 saturated carbocycles. The molecule has 3 unspecified atom stereocenters. The molecule has 3 aromatic carbocycles. The van der Waals surface area contributed by atoms with Crippen LogP contribution >= 0.6 is 0 Å². The zero-order valence-electron chi connectivity index (χ0n) is 24.0. The van der Waals surface area contributed by atoms with Gasteiger partial charge < -0.3 is 26.4 Å². The quantitative estimate of drug-likeness (QED) is 0.187. The molecule has 11 heteroatoms. The topological polar surface area (TPSA) is 109 Å². The Hall–Kier alpha value is -4.19. The number of para-hydroxylation sites is 2. The summed E-state index contributed by atoms with van der Waals surface area (Å²) < 4.78 is 44.7. The number of amides is 2. The van der Waals surface area contributed by atoms with Gasteiger partial charge in [0, 0.05) is 37.9 Å². The average Bonchev–Trinajstić information content (AvgIpc) is 2.95. The first kappa shape index (κ1) is 31.7. The van der Waals surface area contributed by atoms with E-state index in [4.69, 9.17) is 10.5 Å². The molecule has 228 valence electrons. The van der Waals surface area contributed by atoms with E-state index in [1.807, 2.05) is 13.8 Å². The number of benzene rings is 3. The minimum atomic E-state index is -4.47. The van der Waals surface area contributed by atoms with Crippen LogP contribution in [0.15, 0.2) is 78.9 Å². The van der Waals surface area contributed by atoms with E-state index in [0.29, 0.717) is 30.0 Å². The molecule has 3 atom stereocenters. The number of rotatable bonds is 10. The zero-order chi connectivity index (χ0) is 31.0. The molecule has 2 amide bonds. The Morgan fingerprint density at radius 1 is 0.977 bits per heavy atom. The van der Waals surface area contributed by atoms with Gasteiger partial charge in [-0.15, -0.1) is 0 Å². The van der Waals surface area contributed by atoms with Gasteiger partial charge in [0.1, 0.15) is 6.04 Å². The second-order valence-electron chi connectivity index (χ2n) is 10.5. The number of anilines is 3. The van der Waals surface area contributed by atoms with Crippen molar-refractivity contribution in [3.05, 3.63) is 95.6 Å². The number of morpholine rings is 1. The largest absolute Gasteiger partial charge is 0.416 e. The first-order chi connectivity index (χ1) is 20.5. The lowest BCUT2D eigenvalue weighted by Crippen LogP contribution is -2.48. The summed E-state index contributed by atoms with van der Waals surface area (Å²) in [5.74, 6) is -0.754. The van der Waals surface area contributed by atoms with E-state index in [0.717, 1.165) is 30.8 Å². The van der Waals surface area contributed by atoms with Gasteiger partial charge in [0.05, 0.1) is 29.1 Å². The van der Waals surface area contributed by atoms with Gasteiger partial charge in [-0.25, -0.2) is 0 Å². The first-order valence-corrected chi connectivity index (χ1v) is 14.0. The Kier molecular flexibility index (Phi) is 10.6. The maximum absolute atomic E-state index is 13.4. The van der Waals surface area contributed by atoms with Gasteiger partial charge in [0.15, 0.2) is 0 Å². The molecule has 1 aliphatic heterocycles. The van der Waals surface area contributed by atoms with Crippen molar-refractivity contribution in [2.45, 2.75) is 38.3 Å². The predicted octanol–water partition coefficient (Wildman–Crippen LogP) is 5.32. The van der Waals surface area contributed by atoms with Crippen LogP contribution in [0.5, 0.6) is 0 Å². The number of hydrogen-bond donors (Lipinski definition) is 4. The van der Waals surface area contributed by atoms with Crippen LogP contribution < -0.4 is 21.7 Å². The predicted molar refractivity (Wildman–Crippen MR) is 162 cm³/mol. The van der Waals surface area contributed by atoms with Crippen molar-refractivity contribution in [1.29, 1.82) is 0 Å². The summed E-state index contributed by atoms with van der Waals surface area (Å²) in [6, 6.07) is 17.6. The summed E-state index contributed by atoms with van der Waals surface area (Å²) in [4.78, 5) is 28.0. The molecular formula is C32H36F3N5O3. The molecule has 1 fully saturated rings. The number of nitrogen functional groups attached to an aromatic ring is 1. The van der Waals surface area contributed by atoms with E-state index in [-0.39, 0.29) is 23.8 Å². The van der Waals surface area contributed by atoms with Crippen LogP contribution in [0.2, 0.25) is 0 Å². The highest BCUT2D eigenvalue weighted by Crippen LogP contribution is 2.30. The number of nitrogens with one attached hydrogen (secondary N) is 3. The third-order valence-electron chi connectivity index (χ3n) is 6.93. The van der Waals surface area contributed by atoms with Gasteiger partial charge in [0.2, 0.25) is 11.8 Å². The van der Waals surface area contributed by atoms with Crippen LogP contribution in [0.1, 0.15) is 36.6 Å². The Morgan fingerprint density at radius 2 is 1.63 bits per heavy atom. The average molecular weight is 596 g/mol. The molecule has 1 aliphatic rings. The van der Waals surface area contributed by atoms with E-state index in [2.05, 4.69) is 20.9 Å². The third kappa shape index (κ3) is 9.40. The van der Waals surface area contributed by atoms with Crippen LogP contribution in [0.4, 0.5) is 30.2 Å². The fraction of sp³-hybridized carbons (Fsp3) is 0.312. The van der Waals surface area contributed by atoms with Crippen molar-refractivity contribution in [2.75, 3.05) is 42.5 Å². The van der Waals surface area contributed by atoms with E-state index in [9.17, 15) is 22.8 Å². The normalized spacial score (nSPS) is 18.3. The van der Waals surface area contributed by atoms with E-state index in [1.54, 1.807) is 54.6 Å². The maximum Gasteiger partial charge on any atom is 0.416 e. The van der Waals surface area contributed by atoms with E-state index >= 15 is 0 Å². The summed E-state index contributed by atoms with van der Waals surface area (Å²) in [5, 5.41) is 8.75. The Labute approximate surface area is 249 Å². The summed E-state index contributed by atoms with van der Waals surface area (Å²) >= 11 is 0. The second kappa shape index (κ2) is 14.3. The Morgan fingerprint density at radius 3 is 2.26 bits per heavy atom. The highest BCUT2D eigenvalue weighted by Gasteiger charge is 2.30. The van der Waals surface area contributed by atoms with Gasteiger partial charge in [-0.1, -0.05) is 36.4 Å². The van der Waals surface area contributed by atoms with Gasteiger partial charge in [-0.2, -0.15) is 13.2 Å². The molecule has 4 rings (SSSR count). The Balaban J connectivity index is 1.44. The molecule has 5 N–H and O–H groups in total. The molecule has 8 nitrogen and oxygen atoms in total. The number of nitrogens with zero attached hydrogens (tertiary/aromatic N) is 1. The summed E-state index contributed by atoms with van der Waals surface area (Å²) in [7, 11) is 0. The van der Waals surface area contributed by atoms with Gasteiger partial charge in [-0.3, -0.25) is 14.5 Å². The highest BCUT2D eigenvalue weighted by atomic mass is 19.4.